The molecule has 3 aliphatic rings. The van der Waals surface area contributed by atoms with Crippen LogP contribution >= 0.6 is 0 Å². The number of hydrogen-bond donors (Lipinski definition) is 2. The van der Waals surface area contributed by atoms with Crippen LogP contribution in [0.3, 0.4) is 0 Å². The summed E-state index contributed by atoms with van der Waals surface area (Å²) in [4.78, 5) is 45.7. The third-order valence-electron chi connectivity index (χ3n) is 6.18. The second kappa shape index (κ2) is 8.91. The summed E-state index contributed by atoms with van der Waals surface area (Å²) < 4.78 is 0. The monoisotopic (exact) mass is 416 g/mol. The maximum atomic E-state index is 12.9. The average Bonchev–Trinajstić information content (AvgIpc) is 2.90. The molecule has 2 bridgehead atoms. The molecule has 1 aromatic carbocycles. The Labute approximate surface area is 175 Å². The van der Waals surface area contributed by atoms with Gasteiger partial charge >= 0.3 is 12.1 Å². The Morgan fingerprint density at radius 3 is 2.67 bits per heavy atom. The van der Waals surface area contributed by atoms with Crippen LogP contribution in [0.4, 0.5) is 9.59 Å². The van der Waals surface area contributed by atoms with E-state index in [1.54, 1.807) is 4.90 Å². The highest BCUT2D eigenvalue weighted by Crippen LogP contribution is 2.30. The van der Waals surface area contributed by atoms with E-state index in [-0.39, 0.29) is 24.0 Å². The van der Waals surface area contributed by atoms with Gasteiger partial charge < -0.3 is 20.2 Å². The molecule has 0 saturated carbocycles. The minimum Gasteiger partial charge on any atom is -0.465 e. The Hall–Kier alpha value is -2.81. The molecule has 0 aromatic heterocycles. The first-order valence-electron chi connectivity index (χ1n) is 10.6. The van der Waals surface area contributed by atoms with E-state index in [1.165, 1.54) is 9.96 Å². The number of carbonyl (C=O) groups is 3. The van der Waals surface area contributed by atoms with Gasteiger partial charge in [-0.2, -0.15) is 5.06 Å². The lowest BCUT2D eigenvalue weighted by Gasteiger charge is -2.30. The van der Waals surface area contributed by atoms with Crippen LogP contribution < -0.4 is 5.32 Å². The molecule has 4 amide bonds. The molecule has 2 N–H and O–H groups in total. The maximum absolute atomic E-state index is 12.9. The van der Waals surface area contributed by atoms with Gasteiger partial charge in [-0.3, -0.25) is 9.63 Å². The summed E-state index contributed by atoms with van der Waals surface area (Å²) in [5, 5.41) is 13.6. The highest BCUT2D eigenvalue weighted by molar-refractivity contribution is 5.88. The van der Waals surface area contributed by atoms with Crippen LogP contribution in [0.5, 0.6) is 0 Å². The lowest BCUT2D eigenvalue weighted by atomic mass is 9.99. The van der Waals surface area contributed by atoms with Crippen LogP contribution in [0.15, 0.2) is 30.3 Å². The van der Waals surface area contributed by atoms with Gasteiger partial charge in [0, 0.05) is 25.7 Å². The number of carbonyl (C=O) groups excluding carboxylic acids is 2. The Bertz CT molecular complexity index is 789. The third-order valence-corrected chi connectivity index (χ3v) is 6.18. The quantitative estimate of drug-likeness (QED) is 0.765. The first kappa shape index (κ1) is 20.5. The van der Waals surface area contributed by atoms with Crippen LogP contribution in [0.1, 0.15) is 37.7 Å². The number of fused-ring (bicyclic) bond motifs is 2. The van der Waals surface area contributed by atoms with Crippen LogP contribution in [0.2, 0.25) is 0 Å². The number of rotatable bonds is 5. The van der Waals surface area contributed by atoms with Gasteiger partial charge in [0.05, 0.1) is 6.04 Å². The molecular formula is C21H28N4O5. The Morgan fingerprint density at radius 1 is 1.10 bits per heavy atom. The van der Waals surface area contributed by atoms with Gasteiger partial charge in [0.2, 0.25) is 5.91 Å². The molecule has 9 nitrogen and oxygen atoms in total. The molecule has 162 valence electrons. The number of benzene rings is 1. The zero-order valence-electron chi connectivity index (χ0n) is 16.9. The molecule has 3 heterocycles. The average molecular weight is 416 g/mol. The zero-order valence-corrected chi connectivity index (χ0v) is 16.9. The predicted molar refractivity (Wildman–Crippen MR) is 107 cm³/mol. The lowest BCUT2D eigenvalue weighted by Crippen LogP contribution is -2.52. The molecule has 1 aromatic rings. The summed E-state index contributed by atoms with van der Waals surface area (Å²) in [6, 6.07) is 8.81. The van der Waals surface area contributed by atoms with Gasteiger partial charge in [-0.25, -0.2) is 9.59 Å². The van der Waals surface area contributed by atoms with Crippen LogP contribution in [-0.2, 0) is 16.2 Å². The number of nitrogens with zero attached hydrogens (tertiary/aromatic N) is 3. The normalized spacial score (nSPS) is 26.5. The van der Waals surface area contributed by atoms with Crippen molar-refractivity contribution < 1.29 is 24.3 Å². The third kappa shape index (κ3) is 4.35. The van der Waals surface area contributed by atoms with Crippen molar-refractivity contribution >= 4 is 18.0 Å². The summed E-state index contributed by atoms with van der Waals surface area (Å²) in [7, 11) is 0. The van der Waals surface area contributed by atoms with Crippen LogP contribution in [0, 0.1) is 0 Å². The van der Waals surface area contributed by atoms with E-state index in [1.807, 2.05) is 30.3 Å². The summed E-state index contributed by atoms with van der Waals surface area (Å²) in [6.07, 6.45) is 2.44. The van der Waals surface area contributed by atoms with E-state index >= 15 is 0 Å². The second-order valence-corrected chi connectivity index (χ2v) is 8.17. The topological polar surface area (TPSA) is 102 Å². The van der Waals surface area contributed by atoms with E-state index in [0.29, 0.717) is 51.9 Å². The molecule has 3 atom stereocenters. The highest BCUT2D eigenvalue weighted by Gasteiger charge is 2.48. The number of urea groups is 1. The fraction of sp³-hybridized carbons (Fsp3) is 0.571. The smallest absolute Gasteiger partial charge is 0.407 e. The van der Waals surface area contributed by atoms with Gasteiger partial charge in [-0.1, -0.05) is 30.3 Å². The van der Waals surface area contributed by atoms with E-state index in [9.17, 15) is 14.4 Å². The van der Waals surface area contributed by atoms with E-state index < -0.39 is 12.1 Å². The minimum atomic E-state index is -0.918. The van der Waals surface area contributed by atoms with Crippen molar-refractivity contribution in [3.63, 3.8) is 0 Å². The first-order valence-corrected chi connectivity index (χ1v) is 10.6. The molecule has 0 radical (unpaired) electrons. The fourth-order valence-corrected chi connectivity index (χ4v) is 4.52. The molecule has 30 heavy (non-hydrogen) atoms. The number of likely N-dealkylation sites (tertiary alicyclic amines) is 1. The number of nitrogens with one attached hydrogen (secondary N) is 1. The predicted octanol–water partition coefficient (Wildman–Crippen LogP) is 2.04. The van der Waals surface area contributed by atoms with Crippen molar-refractivity contribution in [3.05, 3.63) is 35.9 Å². The first-order chi connectivity index (χ1) is 14.5. The fourth-order valence-electron chi connectivity index (χ4n) is 4.52. The van der Waals surface area contributed by atoms with Crippen molar-refractivity contribution in [1.29, 1.82) is 0 Å². The Balaban J connectivity index is 1.32. The highest BCUT2D eigenvalue weighted by atomic mass is 16.7. The molecular weight excluding hydrogens is 388 g/mol. The van der Waals surface area contributed by atoms with Crippen molar-refractivity contribution in [3.8, 4) is 0 Å². The number of amides is 4. The van der Waals surface area contributed by atoms with Gasteiger partial charge in [0.25, 0.3) is 0 Å². The van der Waals surface area contributed by atoms with Gasteiger partial charge in [-0.15, -0.1) is 0 Å². The molecule has 0 aliphatic carbocycles. The summed E-state index contributed by atoms with van der Waals surface area (Å²) in [5.74, 6) is -0.152. The lowest BCUT2D eigenvalue weighted by molar-refractivity contribution is -0.140. The summed E-state index contributed by atoms with van der Waals surface area (Å²) >= 11 is 0. The minimum absolute atomic E-state index is 0.0349. The number of hydrogen-bond acceptors (Lipinski definition) is 4. The molecule has 4 rings (SSSR count). The maximum Gasteiger partial charge on any atom is 0.407 e. The van der Waals surface area contributed by atoms with E-state index in [0.717, 1.165) is 12.0 Å². The van der Waals surface area contributed by atoms with Crippen LogP contribution in [-0.4, -0.2) is 75.8 Å². The van der Waals surface area contributed by atoms with E-state index in [4.69, 9.17) is 9.94 Å². The van der Waals surface area contributed by atoms with Crippen molar-refractivity contribution in [1.82, 2.24) is 20.2 Å². The second-order valence-electron chi connectivity index (χ2n) is 8.17. The Morgan fingerprint density at radius 2 is 1.90 bits per heavy atom. The zero-order chi connectivity index (χ0) is 21.1. The molecule has 9 heteroatoms. The van der Waals surface area contributed by atoms with Gasteiger partial charge in [0.1, 0.15) is 12.6 Å². The SMILES string of the molecule is O=C(N[C@H]1CCCN(C(=O)O)CC1)[C@@H]1CC[C@@H]2CN1C(=O)N2OCc1ccccc1. The van der Waals surface area contributed by atoms with Crippen molar-refractivity contribution in [2.45, 2.75) is 56.8 Å². The molecule has 0 unspecified atom stereocenters. The molecule has 0 spiro atoms. The van der Waals surface area contributed by atoms with Crippen LogP contribution in [0.25, 0.3) is 0 Å². The Kier molecular flexibility index (Phi) is 6.08. The summed E-state index contributed by atoms with van der Waals surface area (Å²) in [5.41, 5.74) is 0.986. The number of hydroxylamine groups is 2. The molecule has 3 aliphatic heterocycles. The number of piperidine rings is 1. The van der Waals surface area contributed by atoms with Crippen molar-refractivity contribution in [2.24, 2.45) is 0 Å². The largest absolute Gasteiger partial charge is 0.465 e. The number of carboxylic acid groups (broad SMARTS) is 1. The molecule has 3 fully saturated rings. The summed E-state index contributed by atoms with van der Waals surface area (Å²) in [6.45, 7) is 1.71. The van der Waals surface area contributed by atoms with E-state index in [2.05, 4.69) is 5.32 Å². The van der Waals surface area contributed by atoms with Crippen molar-refractivity contribution in [2.75, 3.05) is 19.6 Å². The molecule has 3 saturated heterocycles. The standard InChI is InChI=1S/C21H28N4O5/c26-19(22-16-7-4-11-23(12-10-16)21(28)29)18-9-8-17-13-24(18)20(27)25(17)30-14-15-5-2-1-3-6-15/h1-3,5-6,16-18H,4,7-14H2,(H,22,26)(H,28,29)/t16-,17+,18-/m0/s1. The van der Waals surface area contributed by atoms with Gasteiger partial charge in [0.15, 0.2) is 0 Å². The van der Waals surface area contributed by atoms with Gasteiger partial charge in [-0.05, 0) is 37.7 Å².